The highest BCUT2D eigenvalue weighted by molar-refractivity contribution is 5.91. The van der Waals surface area contributed by atoms with E-state index in [-0.39, 0.29) is 78.5 Å². The number of carbonyl (C=O) groups excluding carboxylic acids is 6. The predicted octanol–water partition coefficient (Wildman–Crippen LogP) is 2.46. The van der Waals surface area contributed by atoms with Gasteiger partial charge >= 0.3 is 24.2 Å². The van der Waals surface area contributed by atoms with E-state index in [0.29, 0.717) is 35.5 Å². The molecule has 70 heavy (non-hydrogen) atoms. The van der Waals surface area contributed by atoms with Crippen molar-refractivity contribution in [3.8, 4) is 11.8 Å². The van der Waals surface area contributed by atoms with Crippen molar-refractivity contribution in [1.82, 2.24) is 40.9 Å². The van der Waals surface area contributed by atoms with Crippen LogP contribution in [0.15, 0.2) is 60.7 Å². The molecule has 0 saturated carbocycles. The first-order chi connectivity index (χ1) is 33.2. The number of hydrogen-bond acceptors (Lipinski definition) is 10. The van der Waals surface area contributed by atoms with E-state index in [1.54, 1.807) is 88.6 Å². The predicted molar refractivity (Wildman–Crippen MR) is 245 cm³/mol. The first kappa shape index (κ1) is 56.8. The van der Waals surface area contributed by atoms with Crippen molar-refractivity contribution in [3.05, 3.63) is 71.8 Å². The Balaban J connectivity index is 1.38. The third-order valence-electron chi connectivity index (χ3n) is 12.2. The van der Waals surface area contributed by atoms with Crippen molar-refractivity contribution >= 4 is 35.4 Å². The molecular weight excluding hydrogens is 931 g/mol. The number of halogens is 6. The van der Waals surface area contributed by atoms with Gasteiger partial charge in [-0.25, -0.2) is 0 Å². The number of likely N-dealkylation sites (N-methyl/N-ethyl adjacent to an activating group) is 2. The number of carbonyl (C=O) groups is 6. The van der Waals surface area contributed by atoms with Gasteiger partial charge < -0.3 is 50.3 Å². The highest BCUT2D eigenvalue weighted by Gasteiger charge is 2.46. The van der Waals surface area contributed by atoms with Gasteiger partial charge in [-0.1, -0.05) is 72.5 Å². The summed E-state index contributed by atoms with van der Waals surface area (Å²) in [5.74, 6) is -0.951. The molecule has 6 amide bonds. The summed E-state index contributed by atoms with van der Waals surface area (Å²) in [6.07, 6.45) is -8.43. The highest BCUT2D eigenvalue weighted by atomic mass is 19.4. The van der Waals surface area contributed by atoms with E-state index in [0.717, 1.165) is 11.1 Å². The number of likely N-dealkylation sites (tertiary alicyclic amines) is 2. The van der Waals surface area contributed by atoms with Gasteiger partial charge in [0.1, 0.15) is 25.3 Å². The molecular formula is C48H64F6N8O8. The normalized spacial score (nSPS) is 17.7. The Morgan fingerprint density at radius 1 is 0.629 bits per heavy atom. The third kappa shape index (κ3) is 17.6. The lowest BCUT2D eigenvalue weighted by molar-refractivity contribution is -0.186. The number of alkyl halides is 6. The van der Waals surface area contributed by atoms with Gasteiger partial charge in [0.25, 0.3) is 0 Å². The maximum Gasteiger partial charge on any atom is 0.471 e. The third-order valence-corrected chi connectivity index (χ3v) is 12.2. The van der Waals surface area contributed by atoms with Gasteiger partial charge in [-0.05, 0) is 77.6 Å². The van der Waals surface area contributed by atoms with Crippen molar-refractivity contribution in [2.75, 3.05) is 79.8 Å². The van der Waals surface area contributed by atoms with Crippen LogP contribution in [0, 0.1) is 11.8 Å². The molecule has 2 fully saturated rings. The van der Waals surface area contributed by atoms with E-state index in [2.05, 4.69) is 33.1 Å². The summed E-state index contributed by atoms with van der Waals surface area (Å²) in [6, 6.07) is 11.9. The van der Waals surface area contributed by atoms with E-state index in [1.807, 2.05) is 0 Å². The number of amides is 6. The zero-order valence-corrected chi connectivity index (χ0v) is 39.9. The number of rotatable bonds is 24. The first-order valence-electron chi connectivity index (χ1n) is 23.2. The number of hydrogen-bond donors (Lipinski definition) is 4. The van der Waals surface area contributed by atoms with E-state index in [4.69, 9.17) is 9.47 Å². The van der Waals surface area contributed by atoms with Crippen LogP contribution < -0.4 is 21.3 Å². The molecule has 6 atom stereocenters. The molecule has 2 aromatic rings. The average molecular weight is 995 g/mol. The second-order valence-corrected chi connectivity index (χ2v) is 17.2. The van der Waals surface area contributed by atoms with Crippen molar-refractivity contribution in [3.63, 3.8) is 0 Å². The van der Waals surface area contributed by atoms with Crippen molar-refractivity contribution in [1.29, 1.82) is 0 Å². The minimum absolute atomic E-state index is 0.157. The monoisotopic (exact) mass is 994 g/mol. The summed E-state index contributed by atoms with van der Waals surface area (Å²) in [4.78, 5) is 83.2. The first-order valence-corrected chi connectivity index (χ1v) is 23.2. The van der Waals surface area contributed by atoms with Crippen LogP contribution in [0.4, 0.5) is 26.3 Å². The smallest absolute Gasteiger partial charge is 0.366 e. The van der Waals surface area contributed by atoms with Gasteiger partial charge in [-0.15, -0.1) is 0 Å². The maximum atomic E-state index is 14.0. The Hall–Kier alpha value is -5.76. The molecule has 0 radical (unpaired) electrons. The SMILES string of the molecule is CN[C@@H](C)C(=O)N[C@@H](COCC#CCOC[C@H](NC(=O)[C@H](C)NC)C(=O)N1CCC[C@H]1CN(CCc1ccccc1)C(=O)C(F)(F)F)C(=O)N1CCC[C@H]1CN(CCc1ccccc1)C(=O)C(F)(F)F. The van der Waals surface area contributed by atoms with Crippen LogP contribution in [0.25, 0.3) is 0 Å². The Labute approximate surface area is 404 Å². The number of nitrogens with zero attached hydrogens (tertiary/aromatic N) is 4. The molecule has 0 spiro atoms. The summed E-state index contributed by atoms with van der Waals surface area (Å²) in [6.45, 7) is 0.939. The molecule has 4 rings (SSSR count). The number of nitrogens with one attached hydrogen (secondary N) is 4. The Kier molecular flexibility index (Phi) is 22.4. The van der Waals surface area contributed by atoms with Gasteiger partial charge in [-0.3, -0.25) is 28.8 Å². The molecule has 4 N–H and O–H groups in total. The fraction of sp³-hybridized carbons (Fsp3) is 0.583. The van der Waals surface area contributed by atoms with Gasteiger partial charge in [0.15, 0.2) is 0 Å². The van der Waals surface area contributed by atoms with Gasteiger partial charge in [0.05, 0.1) is 25.3 Å². The molecule has 0 unspecified atom stereocenters. The summed E-state index contributed by atoms with van der Waals surface area (Å²) in [5.41, 5.74) is 1.46. The lowest BCUT2D eigenvalue weighted by Gasteiger charge is -2.33. The van der Waals surface area contributed by atoms with Gasteiger partial charge in [-0.2, -0.15) is 26.3 Å². The molecule has 2 aromatic carbocycles. The van der Waals surface area contributed by atoms with Crippen LogP contribution in [0.1, 0.15) is 50.7 Å². The summed E-state index contributed by atoms with van der Waals surface area (Å²) in [7, 11) is 3.08. The van der Waals surface area contributed by atoms with Crippen molar-refractivity contribution < 1.29 is 64.6 Å². The van der Waals surface area contributed by atoms with Crippen molar-refractivity contribution in [2.24, 2.45) is 0 Å². The molecule has 2 saturated heterocycles. The standard InChI is InChI=1S/C48H64F6N8O8/c1-33(55-3)41(63)57-39(43(65)61-23-13-19-37(61)29-59(45(67)47(49,50)51)25-21-35-15-7-5-8-16-35)31-69-27-11-12-28-70-32-40(58-42(64)34(2)56-4)44(66)62-24-14-20-38(62)30-60(46(68)48(52,53)54)26-22-36-17-9-6-10-18-36/h5-10,15-18,33-34,37-40,55-56H,13-14,19-32H2,1-4H3,(H,57,63)(H,58,64)/t33-,34-,37-,38-,39-,40-/m0/s1. The van der Waals surface area contributed by atoms with E-state index in [1.165, 1.54) is 9.80 Å². The molecule has 0 aliphatic carbocycles. The topological polar surface area (TPSA) is 182 Å². The summed E-state index contributed by atoms with van der Waals surface area (Å²) in [5, 5.41) is 10.8. The van der Waals surface area contributed by atoms with Gasteiger partial charge in [0.2, 0.25) is 23.6 Å². The highest BCUT2D eigenvalue weighted by Crippen LogP contribution is 2.26. The second-order valence-electron chi connectivity index (χ2n) is 17.2. The molecule has 2 heterocycles. The van der Waals surface area contributed by atoms with Crippen molar-refractivity contribution in [2.45, 2.75) is 101 Å². The largest absolute Gasteiger partial charge is 0.471 e. The summed E-state index contributed by atoms with van der Waals surface area (Å²) < 4.78 is 93.8. The number of benzene rings is 2. The average Bonchev–Trinajstić information content (AvgIpc) is 4.02. The second kappa shape index (κ2) is 27.6. The quantitative estimate of drug-likeness (QED) is 0.0694. The van der Waals surface area contributed by atoms with E-state index >= 15 is 0 Å². The minimum atomic E-state index is -5.14. The van der Waals surface area contributed by atoms with E-state index in [9.17, 15) is 55.1 Å². The van der Waals surface area contributed by atoms with Crippen LogP contribution in [0.5, 0.6) is 0 Å². The van der Waals surface area contributed by atoms with Crippen LogP contribution in [0.2, 0.25) is 0 Å². The fourth-order valence-corrected chi connectivity index (χ4v) is 8.03. The molecule has 0 aromatic heterocycles. The van der Waals surface area contributed by atoms with Crippen LogP contribution >= 0.6 is 0 Å². The lowest BCUT2D eigenvalue weighted by atomic mass is 10.1. The molecule has 2 aliphatic rings. The fourth-order valence-electron chi connectivity index (χ4n) is 8.03. The molecule has 0 bridgehead atoms. The molecule has 2 aliphatic heterocycles. The van der Waals surface area contributed by atoms with Gasteiger partial charge in [0, 0.05) is 51.4 Å². The molecule has 16 nitrogen and oxygen atoms in total. The van der Waals surface area contributed by atoms with Crippen LogP contribution in [-0.2, 0) is 51.1 Å². The van der Waals surface area contributed by atoms with Crippen LogP contribution in [-0.4, -0.2) is 183 Å². The lowest BCUT2D eigenvalue weighted by Crippen LogP contribution is -2.57. The maximum absolute atomic E-state index is 14.0. The zero-order chi connectivity index (χ0) is 51.4. The Morgan fingerprint density at radius 3 is 1.31 bits per heavy atom. The Bertz CT molecular complexity index is 1950. The van der Waals surface area contributed by atoms with E-state index < -0.39 is 84.0 Å². The zero-order valence-electron chi connectivity index (χ0n) is 39.9. The number of ether oxygens (including phenoxy) is 2. The minimum Gasteiger partial charge on any atom is -0.366 e. The molecule has 22 heteroatoms. The Morgan fingerprint density at radius 2 is 0.986 bits per heavy atom. The summed E-state index contributed by atoms with van der Waals surface area (Å²) >= 11 is 0. The van der Waals surface area contributed by atoms with Crippen LogP contribution in [0.3, 0.4) is 0 Å². The molecule has 386 valence electrons.